The summed E-state index contributed by atoms with van der Waals surface area (Å²) in [5, 5.41) is 72.0. The normalized spacial score (nSPS) is 26.2. The third-order valence-electron chi connectivity index (χ3n) is 12.7. The fourth-order valence-corrected chi connectivity index (χ4v) is 8.40. The number of rotatable bonds is 41. The van der Waals surface area contributed by atoms with E-state index in [0.717, 1.165) is 64.2 Å². The van der Waals surface area contributed by atoms with Crippen LogP contribution in [0.15, 0.2) is 12.2 Å². The molecule has 2 saturated heterocycles. The summed E-state index contributed by atoms with van der Waals surface area (Å²) in [5.74, 6) is -0.927. The molecular weight excluding hydrogens is 853 g/mol. The summed E-state index contributed by atoms with van der Waals surface area (Å²) in [6.45, 7) is 2.54. The molecule has 7 N–H and O–H groups in total. The molecule has 11 unspecified atom stereocenters. The number of aliphatic hydroxyl groups excluding tert-OH is 7. The molecule has 15 heteroatoms. The van der Waals surface area contributed by atoms with Crippen LogP contribution in [0.1, 0.15) is 206 Å². The molecular formula is C51H94O15. The topological polar surface area (TPSA) is 231 Å². The molecule has 2 rings (SSSR count). The first kappa shape index (κ1) is 60.4. The average Bonchev–Trinajstić information content (AvgIpc) is 3.31. The van der Waals surface area contributed by atoms with Crippen molar-refractivity contribution in [3.05, 3.63) is 12.2 Å². The van der Waals surface area contributed by atoms with Gasteiger partial charge in [0, 0.05) is 12.8 Å². The minimum absolute atomic E-state index is 0.158. The van der Waals surface area contributed by atoms with E-state index >= 15 is 0 Å². The second-order valence-electron chi connectivity index (χ2n) is 18.7. The Bertz CT molecular complexity index is 1210. The van der Waals surface area contributed by atoms with Crippen molar-refractivity contribution in [2.75, 3.05) is 26.4 Å². The maximum atomic E-state index is 12.9. The van der Waals surface area contributed by atoms with Crippen LogP contribution in [0, 0.1) is 0 Å². The smallest absolute Gasteiger partial charge is 0.306 e. The first-order valence-corrected chi connectivity index (χ1v) is 26.3. The van der Waals surface area contributed by atoms with Crippen molar-refractivity contribution in [3.8, 4) is 0 Å². The van der Waals surface area contributed by atoms with E-state index < -0.39 is 92.7 Å². The molecule has 0 bridgehead atoms. The lowest BCUT2D eigenvalue weighted by Gasteiger charge is -2.42. The molecule has 15 nitrogen and oxygen atoms in total. The van der Waals surface area contributed by atoms with E-state index in [1.54, 1.807) is 0 Å². The third kappa shape index (κ3) is 26.8. The van der Waals surface area contributed by atoms with Gasteiger partial charge in [0.2, 0.25) is 0 Å². The number of hydrogen-bond donors (Lipinski definition) is 7. The lowest BCUT2D eigenvalue weighted by Crippen LogP contribution is -2.61. The number of esters is 2. The predicted octanol–water partition coefficient (Wildman–Crippen LogP) is 7.38. The van der Waals surface area contributed by atoms with E-state index in [9.17, 15) is 45.3 Å². The fourth-order valence-electron chi connectivity index (χ4n) is 8.40. The summed E-state index contributed by atoms with van der Waals surface area (Å²) < 4.78 is 33.5. The highest BCUT2D eigenvalue weighted by Gasteiger charge is 2.47. The van der Waals surface area contributed by atoms with E-state index in [0.29, 0.717) is 12.8 Å². The highest BCUT2D eigenvalue weighted by atomic mass is 16.7. The number of carbonyl (C=O) groups is 2. The minimum Gasteiger partial charge on any atom is -0.462 e. The molecule has 388 valence electrons. The highest BCUT2D eigenvalue weighted by Crippen LogP contribution is 2.27. The lowest BCUT2D eigenvalue weighted by atomic mass is 9.98. The third-order valence-corrected chi connectivity index (χ3v) is 12.7. The number of aliphatic hydroxyl groups is 7. The Morgan fingerprint density at radius 2 is 0.894 bits per heavy atom. The molecule has 0 aromatic heterocycles. The Kier molecular flexibility index (Phi) is 35.7. The standard InChI is InChI=1S/C51H94O15/c1-3-5-7-9-11-13-15-16-17-18-19-20-21-22-23-24-26-27-29-31-33-42(53)61-36-39(64-43(54)34-32-30-28-25-14-12-10-8-6-4-2)37-62-50-49(60)47(58)45(56)41(66-50)38-63-51-48(59)46(57)44(55)40(35-52)65-51/h8,10,39-41,44-52,55-60H,3-7,9,11-38H2,1-2H3/b10-8-. The van der Waals surface area contributed by atoms with Crippen LogP contribution in [-0.4, -0.2) is 142 Å². The maximum absolute atomic E-state index is 12.9. The van der Waals surface area contributed by atoms with Gasteiger partial charge in [-0.05, 0) is 32.1 Å². The van der Waals surface area contributed by atoms with Gasteiger partial charge in [-0.15, -0.1) is 0 Å². The van der Waals surface area contributed by atoms with Gasteiger partial charge in [-0.2, -0.15) is 0 Å². The van der Waals surface area contributed by atoms with Crippen LogP contribution >= 0.6 is 0 Å². The van der Waals surface area contributed by atoms with Gasteiger partial charge in [-0.1, -0.05) is 174 Å². The maximum Gasteiger partial charge on any atom is 0.306 e. The van der Waals surface area contributed by atoms with Gasteiger partial charge in [0.25, 0.3) is 0 Å². The number of allylic oxidation sites excluding steroid dienone is 2. The molecule has 66 heavy (non-hydrogen) atoms. The van der Waals surface area contributed by atoms with Gasteiger partial charge in [0.05, 0.1) is 19.8 Å². The lowest BCUT2D eigenvalue weighted by molar-refractivity contribution is -0.332. The molecule has 0 aliphatic carbocycles. The van der Waals surface area contributed by atoms with E-state index in [-0.39, 0.29) is 26.1 Å². The van der Waals surface area contributed by atoms with Gasteiger partial charge >= 0.3 is 11.9 Å². The summed E-state index contributed by atoms with van der Waals surface area (Å²) in [5.41, 5.74) is 0. The molecule has 11 atom stereocenters. The van der Waals surface area contributed by atoms with Crippen molar-refractivity contribution in [3.63, 3.8) is 0 Å². The van der Waals surface area contributed by atoms with Gasteiger partial charge < -0.3 is 64.2 Å². The first-order valence-electron chi connectivity index (χ1n) is 26.3. The van der Waals surface area contributed by atoms with Crippen LogP contribution in [0.3, 0.4) is 0 Å². The Morgan fingerprint density at radius 1 is 0.470 bits per heavy atom. The number of ether oxygens (including phenoxy) is 6. The largest absolute Gasteiger partial charge is 0.462 e. The molecule has 0 radical (unpaired) electrons. The van der Waals surface area contributed by atoms with Crippen LogP contribution in [0.25, 0.3) is 0 Å². The molecule has 0 aromatic carbocycles. The van der Waals surface area contributed by atoms with E-state index in [1.807, 2.05) is 0 Å². The van der Waals surface area contributed by atoms with Crippen molar-refractivity contribution in [1.29, 1.82) is 0 Å². The van der Waals surface area contributed by atoms with Gasteiger partial charge in [-0.3, -0.25) is 9.59 Å². The zero-order valence-electron chi connectivity index (χ0n) is 40.9. The summed E-state index contributed by atoms with van der Waals surface area (Å²) in [4.78, 5) is 25.7. The van der Waals surface area contributed by atoms with Crippen molar-refractivity contribution in [2.45, 2.75) is 274 Å². The van der Waals surface area contributed by atoms with Crippen molar-refractivity contribution in [1.82, 2.24) is 0 Å². The van der Waals surface area contributed by atoms with Crippen molar-refractivity contribution < 1.29 is 73.8 Å². The van der Waals surface area contributed by atoms with E-state index in [4.69, 9.17) is 28.4 Å². The van der Waals surface area contributed by atoms with Crippen LogP contribution in [0.2, 0.25) is 0 Å². The van der Waals surface area contributed by atoms with Gasteiger partial charge in [0.1, 0.15) is 55.4 Å². The zero-order chi connectivity index (χ0) is 48.2. The molecule has 0 saturated carbocycles. The van der Waals surface area contributed by atoms with E-state index in [1.165, 1.54) is 103 Å². The molecule has 2 heterocycles. The van der Waals surface area contributed by atoms with Crippen molar-refractivity contribution >= 4 is 11.9 Å². The monoisotopic (exact) mass is 947 g/mol. The summed E-state index contributed by atoms with van der Waals surface area (Å²) in [7, 11) is 0. The zero-order valence-corrected chi connectivity index (χ0v) is 40.9. The van der Waals surface area contributed by atoms with Gasteiger partial charge in [0.15, 0.2) is 18.7 Å². The SMILES string of the molecule is CCC/C=C\CCCCCCCC(=O)OC(COC(=O)CCCCCCCCCCCCCCCCCCCCCC)COC1OC(COC2OC(CO)C(O)C(O)C2O)C(O)C(O)C1O. The summed E-state index contributed by atoms with van der Waals surface area (Å²) in [6, 6.07) is 0. The Labute approximate surface area is 397 Å². The average molecular weight is 947 g/mol. The summed E-state index contributed by atoms with van der Waals surface area (Å²) in [6.07, 6.45) is 21.2. The van der Waals surface area contributed by atoms with Gasteiger partial charge in [-0.25, -0.2) is 0 Å². The van der Waals surface area contributed by atoms with Crippen LogP contribution in [0.4, 0.5) is 0 Å². The Hall–Kier alpha value is -1.76. The molecule has 0 spiro atoms. The highest BCUT2D eigenvalue weighted by molar-refractivity contribution is 5.70. The quantitative estimate of drug-likeness (QED) is 0.0180. The minimum atomic E-state index is -1.76. The Morgan fingerprint density at radius 3 is 1.39 bits per heavy atom. The summed E-state index contributed by atoms with van der Waals surface area (Å²) >= 11 is 0. The Balaban J connectivity index is 1.74. The van der Waals surface area contributed by atoms with E-state index in [2.05, 4.69) is 26.0 Å². The molecule has 0 amide bonds. The molecule has 2 aliphatic rings. The number of carbonyl (C=O) groups excluding carboxylic acids is 2. The number of unbranched alkanes of at least 4 members (excludes halogenated alkanes) is 25. The molecule has 2 fully saturated rings. The fraction of sp³-hybridized carbons (Fsp3) is 0.922. The number of hydrogen-bond acceptors (Lipinski definition) is 15. The second-order valence-corrected chi connectivity index (χ2v) is 18.7. The van der Waals surface area contributed by atoms with Crippen LogP contribution in [-0.2, 0) is 38.0 Å². The molecule has 0 aromatic rings. The predicted molar refractivity (Wildman–Crippen MR) is 252 cm³/mol. The first-order chi connectivity index (χ1) is 32.0. The van der Waals surface area contributed by atoms with Crippen molar-refractivity contribution in [2.24, 2.45) is 0 Å². The molecule has 2 aliphatic heterocycles. The van der Waals surface area contributed by atoms with Crippen LogP contribution < -0.4 is 0 Å². The van der Waals surface area contributed by atoms with Crippen LogP contribution in [0.5, 0.6) is 0 Å². The second kappa shape index (κ2) is 39.0.